The van der Waals surface area contributed by atoms with Gasteiger partial charge in [-0.15, -0.1) is 0 Å². The third kappa shape index (κ3) is 1.07. The molecule has 2 heterocycles. The van der Waals surface area contributed by atoms with Crippen LogP contribution in [0.4, 0.5) is 0 Å². The van der Waals surface area contributed by atoms with Crippen LogP contribution in [0.15, 0.2) is 0 Å². The number of hydrogen-bond donors (Lipinski definition) is 2. The summed E-state index contributed by atoms with van der Waals surface area (Å²) >= 11 is 0. The van der Waals surface area contributed by atoms with Gasteiger partial charge in [0.2, 0.25) is 0 Å². The van der Waals surface area contributed by atoms with E-state index in [0.29, 0.717) is 19.8 Å². The minimum Gasteiger partial charge on any atom is -0.351 e. The zero-order valence-electron chi connectivity index (χ0n) is 6.35. The van der Waals surface area contributed by atoms with E-state index in [2.05, 4.69) is 10.6 Å². The Morgan fingerprint density at radius 2 is 2.36 bits per heavy atom. The monoisotopic (exact) mass is 156 g/mol. The molecule has 0 amide bonds. The highest BCUT2D eigenvalue weighted by Gasteiger charge is 2.43. The van der Waals surface area contributed by atoms with E-state index in [4.69, 9.17) is 4.74 Å². The van der Waals surface area contributed by atoms with Crippen molar-refractivity contribution >= 4 is 5.78 Å². The third-order valence-electron chi connectivity index (χ3n) is 2.36. The molecule has 2 rings (SSSR count). The van der Waals surface area contributed by atoms with Crippen molar-refractivity contribution in [1.82, 2.24) is 10.6 Å². The second-order valence-corrected chi connectivity index (χ2v) is 3.06. The fourth-order valence-corrected chi connectivity index (χ4v) is 1.63. The molecule has 62 valence electrons. The lowest BCUT2D eigenvalue weighted by Gasteiger charge is -2.30. The molecule has 2 fully saturated rings. The first-order valence-electron chi connectivity index (χ1n) is 3.92. The molecule has 4 heteroatoms. The van der Waals surface area contributed by atoms with E-state index in [-0.39, 0.29) is 5.78 Å². The lowest BCUT2D eigenvalue weighted by atomic mass is 9.91. The lowest BCUT2D eigenvalue weighted by Crippen LogP contribution is -2.53. The van der Waals surface area contributed by atoms with Crippen LogP contribution in [0, 0.1) is 0 Å². The highest BCUT2D eigenvalue weighted by molar-refractivity contribution is 5.90. The molecule has 0 aromatic carbocycles. The summed E-state index contributed by atoms with van der Waals surface area (Å²) in [6.07, 6.45) is 0.804. The van der Waals surface area contributed by atoms with Gasteiger partial charge in [0.15, 0.2) is 5.78 Å². The van der Waals surface area contributed by atoms with Crippen molar-refractivity contribution in [2.24, 2.45) is 0 Å². The van der Waals surface area contributed by atoms with Crippen LogP contribution < -0.4 is 10.6 Å². The molecule has 2 aliphatic rings. The number of nitrogens with one attached hydrogen (secondary N) is 2. The molecule has 2 saturated heterocycles. The van der Waals surface area contributed by atoms with Crippen LogP contribution in [0.25, 0.3) is 0 Å². The average molecular weight is 156 g/mol. The summed E-state index contributed by atoms with van der Waals surface area (Å²) < 4.78 is 5.39. The standard InChI is InChI=1S/C7H12N2O2/c10-6-3-8-2-1-7(6)4-9-5-11-7/h8-9H,1-5H2. The van der Waals surface area contributed by atoms with Crippen molar-refractivity contribution in [3.05, 3.63) is 0 Å². The molecule has 2 aliphatic heterocycles. The van der Waals surface area contributed by atoms with Crippen LogP contribution >= 0.6 is 0 Å². The highest BCUT2D eigenvalue weighted by atomic mass is 16.5. The molecule has 1 spiro atoms. The summed E-state index contributed by atoms with van der Waals surface area (Å²) in [5.74, 6) is 0.189. The average Bonchev–Trinajstić information content (AvgIpc) is 2.46. The Morgan fingerprint density at radius 1 is 1.45 bits per heavy atom. The highest BCUT2D eigenvalue weighted by Crippen LogP contribution is 2.22. The number of ketones is 1. The summed E-state index contributed by atoms with van der Waals surface area (Å²) in [6, 6.07) is 0. The number of carbonyl (C=O) groups is 1. The molecule has 4 nitrogen and oxygen atoms in total. The molecule has 1 unspecified atom stereocenters. The van der Waals surface area contributed by atoms with E-state index in [1.54, 1.807) is 0 Å². The van der Waals surface area contributed by atoms with E-state index in [1.807, 2.05) is 0 Å². The number of carbonyl (C=O) groups excluding carboxylic acids is 1. The molecule has 0 saturated carbocycles. The topological polar surface area (TPSA) is 50.4 Å². The van der Waals surface area contributed by atoms with Gasteiger partial charge < -0.3 is 10.1 Å². The van der Waals surface area contributed by atoms with Crippen LogP contribution in [-0.2, 0) is 9.53 Å². The van der Waals surface area contributed by atoms with Gasteiger partial charge in [0, 0.05) is 6.54 Å². The smallest absolute Gasteiger partial charge is 0.179 e. The molecular formula is C7H12N2O2. The third-order valence-corrected chi connectivity index (χ3v) is 2.36. The van der Waals surface area contributed by atoms with E-state index in [0.717, 1.165) is 13.0 Å². The van der Waals surface area contributed by atoms with Gasteiger partial charge in [-0.05, 0) is 13.0 Å². The van der Waals surface area contributed by atoms with Crippen molar-refractivity contribution in [3.63, 3.8) is 0 Å². The summed E-state index contributed by atoms with van der Waals surface area (Å²) in [5.41, 5.74) is -0.481. The Bertz CT molecular complexity index is 175. The van der Waals surface area contributed by atoms with E-state index < -0.39 is 5.60 Å². The number of Topliss-reactive ketones (excluding diaryl/α,β-unsaturated/α-hetero) is 1. The normalized spacial score (nSPS) is 38.4. The number of piperidine rings is 1. The predicted octanol–water partition coefficient (Wildman–Crippen LogP) is -1.14. The summed E-state index contributed by atoms with van der Waals surface area (Å²) in [6.45, 7) is 2.55. The summed E-state index contributed by atoms with van der Waals surface area (Å²) in [5, 5.41) is 6.07. The fraction of sp³-hybridized carbons (Fsp3) is 0.857. The van der Waals surface area contributed by atoms with Gasteiger partial charge in [-0.25, -0.2) is 0 Å². The molecule has 1 atom stereocenters. The first-order chi connectivity index (χ1) is 5.33. The van der Waals surface area contributed by atoms with Crippen LogP contribution in [0.1, 0.15) is 6.42 Å². The summed E-state index contributed by atoms with van der Waals surface area (Å²) in [7, 11) is 0. The number of rotatable bonds is 0. The fourth-order valence-electron chi connectivity index (χ4n) is 1.63. The zero-order valence-corrected chi connectivity index (χ0v) is 6.35. The molecule has 2 N–H and O–H groups in total. The molecule has 0 aromatic rings. The number of ether oxygens (including phenoxy) is 1. The molecule has 11 heavy (non-hydrogen) atoms. The maximum absolute atomic E-state index is 11.4. The maximum atomic E-state index is 11.4. The Hall–Kier alpha value is -0.450. The van der Waals surface area contributed by atoms with Crippen LogP contribution in [-0.4, -0.2) is 37.7 Å². The Balaban J connectivity index is 2.13. The van der Waals surface area contributed by atoms with Gasteiger partial charge in [-0.1, -0.05) is 0 Å². The minimum atomic E-state index is -0.481. The number of hydrogen-bond acceptors (Lipinski definition) is 4. The van der Waals surface area contributed by atoms with Gasteiger partial charge in [-0.2, -0.15) is 0 Å². The summed E-state index contributed by atoms with van der Waals surface area (Å²) in [4.78, 5) is 11.4. The van der Waals surface area contributed by atoms with E-state index in [9.17, 15) is 4.79 Å². The lowest BCUT2D eigenvalue weighted by molar-refractivity contribution is -0.139. The van der Waals surface area contributed by atoms with Crippen LogP contribution in [0.2, 0.25) is 0 Å². The second kappa shape index (κ2) is 2.55. The minimum absolute atomic E-state index is 0.189. The maximum Gasteiger partial charge on any atom is 0.179 e. The largest absolute Gasteiger partial charge is 0.351 e. The Morgan fingerprint density at radius 3 is 3.00 bits per heavy atom. The second-order valence-electron chi connectivity index (χ2n) is 3.06. The van der Waals surface area contributed by atoms with Gasteiger partial charge in [0.05, 0.1) is 13.3 Å². The SMILES string of the molecule is O=C1CNCCC12CNCO2. The van der Waals surface area contributed by atoms with Crippen molar-refractivity contribution in [2.75, 3.05) is 26.4 Å². The van der Waals surface area contributed by atoms with Crippen LogP contribution in [0.3, 0.4) is 0 Å². The Labute approximate surface area is 65.3 Å². The zero-order chi connectivity index (χ0) is 7.73. The van der Waals surface area contributed by atoms with Crippen LogP contribution in [0.5, 0.6) is 0 Å². The first-order valence-corrected chi connectivity index (χ1v) is 3.92. The molecule has 0 radical (unpaired) electrons. The van der Waals surface area contributed by atoms with Gasteiger partial charge in [0.25, 0.3) is 0 Å². The Kier molecular flexibility index (Phi) is 1.67. The van der Waals surface area contributed by atoms with Gasteiger partial charge in [-0.3, -0.25) is 10.1 Å². The molecule has 0 bridgehead atoms. The van der Waals surface area contributed by atoms with E-state index >= 15 is 0 Å². The molecule has 0 aromatic heterocycles. The van der Waals surface area contributed by atoms with Crippen molar-refractivity contribution < 1.29 is 9.53 Å². The van der Waals surface area contributed by atoms with E-state index in [1.165, 1.54) is 0 Å². The quantitative estimate of drug-likeness (QED) is 0.466. The van der Waals surface area contributed by atoms with Crippen molar-refractivity contribution in [2.45, 2.75) is 12.0 Å². The first kappa shape index (κ1) is 7.21. The van der Waals surface area contributed by atoms with Gasteiger partial charge >= 0.3 is 0 Å². The predicted molar refractivity (Wildman–Crippen MR) is 39.2 cm³/mol. The molecular weight excluding hydrogens is 144 g/mol. The van der Waals surface area contributed by atoms with Gasteiger partial charge in [0.1, 0.15) is 5.60 Å². The molecule has 0 aliphatic carbocycles. The van der Waals surface area contributed by atoms with Crippen molar-refractivity contribution in [3.8, 4) is 0 Å². The van der Waals surface area contributed by atoms with Crippen molar-refractivity contribution in [1.29, 1.82) is 0 Å².